The average molecular weight is 491 g/mol. The standard InChI is InChI=1S/C25H23BrN4O2/c1-3-29(4-2)23-13-12-17(14-27-23)24(31)20-16-30(15-18-8-7-11-22(26)28-18)21-10-6-5-9-19(21)25(20)32/h5-14,16H,3-4,15H2,1-2H3. The fourth-order valence-corrected chi connectivity index (χ4v) is 4.14. The fourth-order valence-electron chi connectivity index (χ4n) is 3.76. The van der Waals surface area contributed by atoms with Crippen molar-refractivity contribution >= 4 is 38.4 Å². The lowest BCUT2D eigenvalue weighted by molar-refractivity contribution is 0.103. The van der Waals surface area contributed by atoms with Crippen molar-refractivity contribution in [1.82, 2.24) is 14.5 Å². The van der Waals surface area contributed by atoms with E-state index in [-0.39, 0.29) is 16.8 Å². The third kappa shape index (κ3) is 4.34. The van der Waals surface area contributed by atoms with Gasteiger partial charge >= 0.3 is 0 Å². The SMILES string of the molecule is CCN(CC)c1ccc(C(=O)c2cn(Cc3cccc(Br)n3)c3ccccc3c2=O)cn1. The van der Waals surface area contributed by atoms with Crippen LogP contribution in [0.15, 0.2) is 76.4 Å². The lowest BCUT2D eigenvalue weighted by Gasteiger charge is -2.19. The summed E-state index contributed by atoms with van der Waals surface area (Å²) in [7, 11) is 0. The molecule has 4 aromatic rings. The van der Waals surface area contributed by atoms with Gasteiger partial charge in [-0.3, -0.25) is 9.59 Å². The Morgan fingerprint density at radius 1 is 1.03 bits per heavy atom. The number of hydrogen-bond acceptors (Lipinski definition) is 5. The van der Waals surface area contributed by atoms with Crippen molar-refractivity contribution < 1.29 is 4.79 Å². The molecule has 0 aliphatic carbocycles. The molecular formula is C25H23BrN4O2. The largest absolute Gasteiger partial charge is 0.357 e. The molecule has 4 rings (SSSR count). The number of benzene rings is 1. The molecule has 3 heterocycles. The summed E-state index contributed by atoms with van der Waals surface area (Å²) in [4.78, 5) is 37.5. The quantitative estimate of drug-likeness (QED) is 0.278. The Labute approximate surface area is 194 Å². The van der Waals surface area contributed by atoms with Crippen LogP contribution in [0.5, 0.6) is 0 Å². The van der Waals surface area contributed by atoms with E-state index in [1.54, 1.807) is 30.6 Å². The van der Waals surface area contributed by atoms with Gasteiger partial charge in [0.15, 0.2) is 5.78 Å². The maximum atomic E-state index is 13.3. The minimum absolute atomic E-state index is 0.121. The zero-order chi connectivity index (χ0) is 22.7. The molecule has 0 unspecified atom stereocenters. The van der Waals surface area contributed by atoms with Gasteiger partial charge in [-0.1, -0.05) is 18.2 Å². The van der Waals surface area contributed by atoms with E-state index in [9.17, 15) is 9.59 Å². The second-order valence-electron chi connectivity index (χ2n) is 7.38. The molecule has 0 bridgehead atoms. The molecule has 0 N–H and O–H groups in total. The van der Waals surface area contributed by atoms with E-state index in [0.717, 1.165) is 34.7 Å². The number of aromatic nitrogens is 3. The number of anilines is 1. The second-order valence-corrected chi connectivity index (χ2v) is 8.19. The summed E-state index contributed by atoms with van der Waals surface area (Å²) >= 11 is 3.40. The first-order valence-electron chi connectivity index (χ1n) is 10.5. The molecule has 0 atom stereocenters. The zero-order valence-electron chi connectivity index (χ0n) is 18.0. The van der Waals surface area contributed by atoms with E-state index in [1.807, 2.05) is 41.0 Å². The Bertz CT molecular complexity index is 1330. The monoisotopic (exact) mass is 490 g/mol. The number of para-hydroxylation sites is 1. The first-order valence-corrected chi connectivity index (χ1v) is 11.3. The molecule has 0 saturated heterocycles. The fraction of sp³-hybridized carbons (Fsp3) is 0.200. The van der Waals surface area contributed by atoms with Crippen molar-refractivity contribution in [3.05, 3.63) is 98.6 Å². The molecular weight excluding hydrogens is 468 g/mol. The van der Waals surface area contributed by atoms with E-state index in [4.69, 9.17) is 0 Å². The Hall–Kier alpha value is -3.32. The van der Waals surface area contributed by atoms with Crippen LogP contribution in [0.3, 0.4) is 0 Å². The molecule has 0 fully saturated rings. The maximum Gasteiger partial charge on any atom is 0.200 e. The zero-order valence-corrected chi connectivity index (χ0v) is 19.5. The molecule has 0 radical (unpaired) electrons. The predicted octanol–water partition coefficient (Wildman–Crippen LogP) is 4.68. The second kappa shape index (κ2) is 9.44. The average Bonchev–Trinajstić information content (AvgIpc) is 2.82. The number of pyridine rings is 3. The van der Waals surface area contributed by atoms with Crippen molar-refractivity contribution in [1.29, 1.82) is 0 Å². The van der Waals surface area contributed by atoms with Crippen molar-refractivity contribution in [2.45, 2.75) is 20.4 Å². The van der Waals surface area contributed by atoms with Crippen LogP contribution in [0.2, 0.25) is 0 Å². The third-order valence-corrected chi connectivity index (χ3v) is 5.88. The van der Waals surface area contributed by atoms with Crippen LogP contribution in [-0.4, -0.2) is 33.4 Å². The van der Waals surface area contributed by atoms with Crippen molar-refractivity contribution in [3.63, 3.8) is 0 Å². The van der Waals surface area contributed by atoms with E-state index >= 15 is 0 Å². The van der Waals surface area contributed by atoms with Gasteiger partial charge in [-0.25, -0.2) is 9.97 Å². The van der Waals surface area contributed by atoms with Gasteiger partial charge in [0.1, 0.15) is 10.4 Å². The van der Waals surface area contributed by atoms with Crippen molar-refractivity contribution in [3.8, 4) is 0 Å². The van der Waals surface area contributed by atoms with Crippen LogP contribution in [0.4, 0.5) is 5.82 Å². The number of carbonyl (C=O) groups is 1. The highest BCUT2D eigenvalue weighted by molar-refractivity contribution is 9.10. The molecule has 32 heavy (non-hydrogen) atoms. The van der Waals surface area contributed by atoms with Crippen LogP contribution in [0.25, 0.3) is 10.9 Å². The van der Waals surface area contributed by atoms with Gasteiger partial charge in [-0.15, -0.1) is 0 Å². The highest BCUT2D eigenvalue weighted by Gasteiger charge is 2.18. The number of hydrogen-bond donors (Lipinski definition) is 0. The van der Waals surface area contributed by atoms with Gasteiger partial charge < -0.3 is 9.47 Å². The molecule has 3 aromatic heterocycles. The van der Waals surface area contributed by atoms with E-state index in [2.05, 4.69) is 44.6 Å². The normalized spacial score (nSPS) is 11.0. The minimum Gasteiger partial charge on any atom is -0.357 e. The van der Waals surface area contributed by atoms with Gasteiger partial charge in [-0.05, 0) is 66.2 Å². The Balaban J connectivity index is 1.78. The number of rotatable bonds is 7. The number of fused-ring (bicyclic) bond motifs is 1. The van der Waals surface area contributed by atoms with Crippen LogP contribution in [-0.2, 0) is 6.54 Å². The third-order valence-electron chi connectivity index (χ3n) is 5.43. The van der Waals surface area contributed by atoms with Gasteiger partial charge in [0.25, 0.3) is 0 Å². The summed E-state index contributed by atoms with van der Waals surface area (Å²) in [5, 5.41) is 0.501. The summed E-state index contributed by atoms with van der Waals surface area (Å²) in [5.74, 6) is 0.471. The molecule has 0 aliphatic heterocycles. The van der Waals surface area contributed by atoms with Crippen molar-refractivity contribution in [2.75, 3.05) is 18.0 Å². The van der Waals surface area contributed by atoms with Crippen LogP contribution in [0, 0.1) is 0 Å². The van der Waals surface area contributed by atoms with E-state index in [0.29, 0.717) is 17.5 Å². The Morgan fingerprint density at radius 3 is 2.50 bits per heavy atom. The maximum absolute atomic E-state index is 13.3. The summed E-state index contributed by atoms with van der Waals surface area (Å²) < 4.78 is 2.63. The topological polar surface area (TPSA) is 68.1 Å². The van der Waals surface area contributed by atoms with Gasteiger partial charge in [0, 0.05) is 36.4 Å². The molecule has 0 spiro atoms. The first kappa shape index (κ1) is 21.9. The summed E-state index contributed by atoms with van der Waals surface area (Å²) in [6.45, 7) is 6.20. The Kier molecular flexibility index (Phi) is 6.46. The van der Waals surface area contributed by atoms with Crippen LogP contribution in [0.1, 0.15) is 35.5 Å². The van der Waals surface area contributed by atoms with E-state index in [1.165, 1.54) is 0 Å². The highest BCUT2D eigenvalue weighted by atomic mass is 79.9. The van der Waals surface area contributed by atoms with Crippen molar-refractivity contribution in [2.24, 2.45) is 0 Å². The molecule has 0 amide bonds. The highest BCUT2D eigenvalue weighted by Crippen LogP contribution is 2.18. The predicted molar refractivity (Wildman–Crippen MR) is 130 cm³/mol. The lowest BCUT2D eigenvalue weighted by atomic mass is 10.0. The lowest BCUT2D eigenvalue weighted by Crippen LogP contribution is -2.23. The van der Waals surface area contributed by atoms with Gasteiger partial charge in [0.05, 0.1) is 23.3 Å². The summed E-state index contributed by atoms with van der Waals surface area (Å²) in [6, 6.07) is 16.6. The molecule has 162 valence electrons. The van der Waals surface area contributed by atoms with Gasteiger partial charge in [0.2, 0.25) is 5.43 Å². The molecule has 6 nitrogen and oxygen atoms in total. The molecule has 0 aliphatic rings. The van der Waals surface area contributed by atoms with Crippen LogP contribution >= 0.6 is 15.9 Å². The van der Waals surface area contributed by atoms with E-state index < -0.39 is 0 Å². The summed E-state index contributed by atoms with van der Waals surface area (Å²) in [5.41, 5.74) is 1.80. The van der Waals surface area contributed by atoms with Crippen LogP contribution < -0.4 is 10.3 Å². The number of ketones is 1. The van der Waals surface area contributed by atoms with Gasteiger partial charge in [-0.2, -0.15) is 0 Å². The number of nitrogens with zero attached hydrogens (tertiary/aromatic N) is 4. The molecule has 7 heteroatoms. The molecule has 0 saturated carbocycles. The number of halogens is 1. The number of carbonyl (C=O) groups excluding carboxylic acids is 1. The first-order chi connectivity index (χ1) is 15.5. The summed E-state index contributed by atoms with van der Waals surface area (Å²) in [6.07, 6.45) is 3.18. The smallest absolute Gasteiger partial charge is 0.200 e. The molecule has 1 aromatic carbocycles. The minimum atomic E-state index is -0.338. The Morgan fingerprint density at radius 2 is 1.81 bits per heavy atom.